The fourth-order valence-electron chi connectivity index (χ4n) is 4.29. The van der Waals surface area contributed by atoms with Crippen molar-refractivity contribution in [2.24, 2.45) is 0 Å². The molecule has 0 saturated heterocycles. The molecular weight excluding hydrogens is 359 g/mol. The molecule has 4 heterocycles. The molecule has 3 aliphatic rings. The molecule has 2 aromatic heterocycles. The first-order valence-corrected chi connectivity index (χ1v) is 9.60. The summed E-state index contributed by atoms with van der Waals surface area (Å²) in [5, 5.41) is 14.9. The van der Waals surface area contributed by atoms with Gasteiger partial charge in [0.15, 0.2) is 5.65 Å². The van der Waals surface area contributed by atoms with Crippen molar-refractivity contribution in [3.8, 4) is 5.75 Å². The molecule has 8 heteroatoms. The molecule has 2 unspecified atom stereocenters. The summed E-state index contributed by atoms with van der Waals surface area (Å²) in [6.07, 6.45) is 7.78. The van der Waals surface area contributed by atoms with Crippen molar-refractivity contribution in [2.75, 3.05) is 18.4 Å². The molecule has 1 aromatic carbocycles. The molecule has 2 N–H and O–H groups in total. The van der Waals surface area contributed by atoms with Gasteiger partial charge < -0.3 is 15.4 Å². The number of hydrogen-bond acceptors (Lipinski definition) is 6. The maximum atomic E-state index is 14.5. The normalized spacial score (nSPS) is 22.4. The van der Waals surface area contributed by atoms with E-state index in [4.69, 9.17) is 4.74 Å². The minimum absolute atomic E-state index is 0.209. The van der Waals surface area contributed by atoms with Crippen molar-refractivity contribution in [1.82, 2.24) is 24.9 Å². The van der Waals surface area contributed by atoms with Crippen LogP contribution in [0.25, 0.3) is 11.2 Å². The van der Waals surface area contributed by atoms with Crippen LogP contribution in [0.1, 0.15) is 35.4 Å². The molecule has 142 valence electrons. The molecule has 7 nitrogen and oxygen atoms in total. The van der Waals surface area contributed by atoms with Crippen LogP contribution >= 0.6 is 0 Å². The lowest BCUT2D eigenvalue weighted by atomic mass is 10.0. The van der Waals surface area contributed by atoms with Gasteiger partial charge in [0, 0.05) is 41.9 Å². The molecule has 0 radical (unpaired) electrons. The lowest BCUT2D eigenvalue weighted by Gasteiger charge is -2.16. The van der Waals surface area contributed by atoms with E-state index in [1.54, 1.807) is 12.4 Å². The van der Waals surface area contributed by atoms with Crippen molar-refractivity contribution in [2.45, 2.75) is 31.4 Å². The predicted octanol–water partition coefficient (Wildman–Crippen LogP) is 2.50. The standard InChI is InChI=1S/C20H19FN6O/c21-15-1-2-16-18(12-7-17(12)28-16)14(15)9-24-20-23-8-13(11-3-5-22-6-4-11)19-26-25-10-27(19)20/h1-3,8,10,12,17,22H,4-7,9H2,(H,23,24). The Balaban J connectivity index is 1.33. The van der Waals surface area contributed by atoms with E-state index in [1.165, 1.54) is 11.6 Å². The van der Waals surface area contributed by atoms with Crippen LogP contribution in [0.3, 0.4) is 0 Å². The second-order valence-electron chi connectivity index (χ2n) is 7.49. The van der Waals surface area contributed by atoms with E-state index in [0.29, 0.717) is 24.0 Å². The van der Waals surface area contributed by atoms with Gasteiger partial charge in [-0.1, -0.05) is 6.08 Å². The van der Waals surface area contributed by atoms with E-state index in [2.05, 4.69) is 31.9 Å². The van der Waals surface area contributed by atoms with Gasteiger partial charge in [-0.25, -0.2) is 9.37 Å². The third kappa shape index (κ3) is 2.41. The van der Waals surface area contributed by atoms with Crippen molar-refractivity contribution in [1.29, 1.82) is 0 Å². The zero-order valence-electron chi connectivity index (χ0n) is 15.2. The van der Waals surface area contributed by atoms with Crippen molar-refractivity contribution in [3.05, 3.63) is 53.2 Å². The molecule has 1 saturated carbocycles. The average molecular weight is 378 g/mol. The van der Waals surface area contributed by atoms with Crippen LogP contribution in [0.2, 0.25) is 0 Å². The summed E-state index contributed by atoms with van der Waals surface area (Å²) in [4.78, 5) is 4.58. The quantitative estimate of drug-likeness (QED) is 0.727. The summed E-state index contributed by atoms with van der Waals surface area (Å²) in [6.45, 7) is 2.13. The van der Waals surface area contributed by atoms with Crippen LogP contribution in [0.4, 0.5) is 10.3 Å². The number of aromatic nitrogens is 4. The van der Waals surface area contributed by atoms with Gasteiger partial charge in [0.2, 0.25) is 5.95 Å². The summed E-state index contributed by atoms with van der Waals surface area (Å²) in [5.41, 5.74) is 4.64. The molecule has 1 fully saturated rings. The maximum Gasteiger partial charge on any atom is 0.210 e. The lowest BCUT2D eigenvalue weighted by molar-refractivity contribution is 0.318. The summed E-state index contributed by atoms with van der Waals surface area (Å²) in [6, 6.07) is 3.22. The fourth-order valence-corrected chi connectivity index (χ4v) is 4.29. The zero-order valence-corrected chi connectivity index (χ0v) is 15.2. The summed E-state index contributed by atoms with van der Waals surface area (Å²) in [5.74, 6) is 1.54. The number of rotatable bonds is 4. The van der Waals surface area contributed by atoms with Gasteiger partial charge in [-0.2, -0.15) is 0 Å². The largest absolute Gasteiger partial charge is 0.489 e. The lowest BCUT2D eigenvalue weighted by Crippen LogP contribution is -2.20. The molecular formula is C20H19FN6O. The Bertz CT molecular complexity index is 1120. The van der Waals surface area contributed by atoms with Crippen LogP contribution in [-0.2, 0) is 6.54 Å². The van der Waals surface area contributed by atoms with Crippen LogP contribution in [-0.4, -0.2) is 38.8 Å². The van der Waals surface area contributed by atoms with E-state index in [1.807, 2.05) is 10.6 Å². The molecule has 0 spiro atoms. The fraction of sp³-hybridized carbons (Fsp3) is 0.350. The number of nitrogens with zero attached hydrogens (tertiary/aromatic N) is 4. The molecule has 0 bridgehead atoms. The topological polar surface area (TPSA) is 76.4 Å². The number of fused-ring (bicyclic) bond motifs is 4. The van der Waals surface area contributed by atoms with Gasteiger partial charge in [0.1, 0.15) is 24.0 Å². The van der Waals surface area contributed by atoms with Gasteiger partial charge in [-0.3, -0.25) is 4.40 Å². The first-order chi connectivity index (χ1) is 13.8. The molecule has 6 rings (SSSR count). The van der Waals surface area contributed by atoms with E-state index >= 15 is 0 Å². The van der Waals surface area contributed by atoms with Gasteiger partial charge in [-0.15, -0.1) is 10.2 Å². The molecule has 2 aliphatic heterocycles. The number of benzene rings is 1. The van der Waals surface area contributed by atoms with Crippen LogP contribution < -0.4 is 15.4 Å². The van der Waals surface area contributed by atoms with E-state index in [0.717, 1.165) is 48.5 Å². The number of ether oxygens (including phenoxy) is 1. The Morgan fingerprint density at radius 1 is 1.36 bits per heavy atom. The summed E-state index contributed by atoms with van der Waals surface area (Å²) in [7, 11) is 0. The van der Waals surface area contributed by atoms with Crippen LogP contribution in [0.5, 0.6) is 5.75 Å². The first kappa shape index (κ1) is 16.0. The monoisotopic (exact) mass is 378 g/mol. The summed E-state index contributed by atoms with van der Waals surface area (Å²) >= 11 is 0. The second kappa shape index (κ2) is 6.00. The van der Waals surface area contributed by atoms with E-state index < -0.39 is 0 Å². The molecule has 1 aliphatic carbocycles. The van der Waals surface area contributed by atoms with Gasteiger partial charge in [0.25, 0.3) is 0 Å². The summed E-state index contributed by atoms with van der Waals surface area (Å²) < 4.78 is 22.2. The SMILES string of the molecule is Fc1ccc2c(c1CNc1ncc(C3=CCNCC3)c3nncn13)C1CC1O2. The van der Waals surface area contributed by atoms with Crippen molar-refractivity contribution in [3.63, 3.8) is 0 Å². The van der Waals surface area contributed by atoms with Crippen LogP contribution in [0.15, 0.2) is 30.7 Å². The van der Waals surface area contributed by atoms with Gasteiger partial charge in [-0.05, 0) is 37.1 Å². The second-order valence-corrected chi connectivity index (χ2v) is 7.49. The third-order valence-electron chi connectivity index (χ3n) is 5.81. The molecule has 2 atom stereocenters. The van der Waals surface area contributed by atoms with Gasteiger partial charge in [0.05, 0.1) is 0 Å². The minimum atomic E-state index is -0.209. The van der Waals surface area contributed by atoms with Gasteiger partial charge >= 0.3 is 0 Å². The zero-order chi connectivity index (χ0) is 18.7. The number of nitrogens with one attached hydrogen (secondary N) is 2. The predicted molar refractivity (Wildman–Crippen MR) is 102 cm³/mol. The third-order valence-corrected chi connectivity index (χ3v) is 5.81. The smallest absolute Gasteiger partial charge is 0.210 e. The Hall–Kier alpha value is -3.00. The first-order valence-electron chi connectivity index (χ1n) is 9.60. The van der Waals surface area contributed by atoms with E-state index in [9.17, 15) is 4.39 Å². The number of anilines is 1. The highest BCUT2D eigenvalue weighted by Crippen LogP contribution is 2.55. The molecule has 28 heavy (non-hydrogen) atoms. The Morgan fingerprint density at radius 2 is 2.32 bits per heavy atom. The van der Waals surface area contributed by atoms with Crippen LogP contribution in [0, 0.1) is 5.82 Å². The number of halogens is 1. The van der Waals surface area contributed by atoms with E-state index in [-0.39, 0.29) is 11.9 Å². The molecule has 0 amide bonds. The highest BCUT2D eigenvalue weighted by molar-refractivity contribution is 5.76. The van der Waals surface area contributed by atoms with Crippen molar-refractivity contribution >= 4 is 17.2 Å². The highest BCUT2D eigenvalue weighted by Gasteiger charge is 2.49. The number of hydrogen-bond donors (Lipinski definition) is 2. The Labute approximate surface area is 160 Å². The Morgan fingerprint density at radius 3 is 3.21 bits per heavy atom. The highest BCUT2D eigenvalue weighted by atomic mass is 19.1. The average Bonchev–Trinajstić information content (AvgIpc) is 3.14. The Kier molecular flexibility index (Phi) is 3.43. The maximum absolute atomic E-state index is 14.5. The molecule has 3 aromatic rings. The minimum Gasteiger partial charge on any atom is -0.489 e. The van der Waals surface area contributed by atoms with Crippen molar-refractivity contribution < 1.29 is 9.13 Å².